The van der Waals surface area contributed by atoms with Crippen LogP contribution in [0, 0.1) is 11.8 Å². The Morgan fingerprint density at radius 3 is 2.62 bits per heavy atom. The van der Waals surface area contributed by atoms with Crippen molar-refractivity contribution in [3.05, 3.63) is 24.3 Å². The number of nitrogen functional groups attached to an aromatic ring is 1. The summed E-state index contributed by atoms with van der Waals surface area (Å²) in [5, 5.41) is 3.59. The molecule has 1 fully saturated rings. The molecule has 3 unspecified atom stereocenters. The zero-order chi connectivity index (χ0) is 11.5. The highest BCUT2D eigenvalue weighted by molar-refractivity contribution is 5.66. The molecule has 2 nitrogen and oxygen atoms in total. The number of nitrogens with one attached hydrogen (secondary N) is 1. The molecule has 1 aromatic carbocycles. The van der Waals surface area contributed by atoms with Gasteiger partial charge in [0, 0.05) is 6.04 Å². The Morgan fingerprint density at radius 1 is 1.19 bits per heavy atom. The van der Waals surface area contributed by atoms with E-state index in [1.165, 1.54) is 19.3 Å². The van der Waals surface area contributed by atoms with Gasteiger partial charge in [-0.25, -0.2) is 0 Å². The minimum atomic E-state index is 0.584. The van der Waals surface area contributed by atoms with Crippen molar-refractivity contribution >= 4 is 11.4 Å². The molecule has 0 aromatic heterocycles. The Morgan fingerprint density at radius 2 is 1.94 bits per heavy atom. The molecule has 2 rings (SSSR count). The Bertz CT molecular complexity index is 348. The third-order valence-corrected chi connectivity index (χ3v) is 3.73. The summed E-state index contributed by atoms with van der Waals surface area (Å²) in [4.78, 5) is 0. The minimum absolute atomic E-state index is 0.584. The van der Waals surface area contributed by atoms with Crippen molar-refractivity contribution in [2.24, 2.45) is 11.8 Å². The Labute approximate surface area is 98.2 Å². The fraction of sp³-hybridized carbons (Fsp3) is 0.571. The zero-order valence-corrected chi connectivity index (χ0v) is 10.2. The summed E-state index contributed by atoms with van der Waals surface area (Å²) in [6.45, 7) is 4.69. The maximum atomic E-state index is 5.95. The molecule has 2 heteroatoms. The Kier molecular flexibility index (Phi) is 3.37. The molecule has 0 saturated heterocycles. The summed E-state index contributed by atoms with van der Waals surface area (Å²) in [5.41, 5.74) is 7.89. The molecule has 0 bridgehead atoms. The van der Waals surface area contributed by atoms with Gasteiger partial charge in [0.15, 0.2) is 0 Å². The molecule has 3 N–H and O–H groups in total. The van der Waals surface area contributed by atoms with E-state index in [9.17, 15) is 0 Å². The van der Waals surface area contributed by atoms with Crippen LogP contribution >= 0.6 is 0 Å². The van der Waals surface area contributed by atoms with Crippen LogP contribution in [0.4, 0.5) is 11.4 Å². The van der Waals surface area contributed by atoms with Crippen LogP contribution in [0.15, 0.2) is 24.3 Å². The second kappa shape index (κ2) is 4.77. The lowest BCUT2D eigenvalue weighted by Gasteiger charge is -2.34. The number of benzene rings is 1. The highest BCUT2D eigenvalue weighted by atomic mass is 14.9. The van der Waals surface area contributed by atoms with Crippen LogP contribution in [0.25, 0.3) is 0 Å². The fourth-order valence-corrected chi connectivity index (χ4v) is 2.71. The van der Waals surface area contributed by atoms with E-state index in [2.05, 4.69) is 25.2 Å². The smallest absolute Gasteiger partial charge is 0.0576 e. The summed E-state index contributed by atoms with van der Waals surface area (Å²) in [6.07, 6.45) is 3.91. The molecule has 88 valence electrons. The van der Waals surface area contributed by atoms with Gasteiger partial charge in [0.05, 0.1) is 11.4 Å². The predicted molar refractivity (Wildman–Crippen MR) is 70.4 cm³/mol. The van der Waals surface area contributed by atoms with Crippen LogP contribution in [0.3, 0.4) is 0 Å². The SMILES string of the molecule is CC1CCC(Nc2ccccc2N)C(C)C1. The predicted octanol–water partition coefficient (Wildman–Crippen LogP) is 3.51. The van der Waals surface area contributed by atoms with E-state index in [4.69, 9.17) is 5.73 Å². The average molecular weight is 218 g/mol. The second-order valence-electron chi connectivity index (χ2n) is 5.23. The molecule has 0 radical (unpaired) electrons. The summed E-state index contributed by atoms with van der Waals surface area (Å²) in [7, 11) is 0. The van der Waals surface area contributed by atoms with Crippen molar-refractivity contribution < 1.29 is 0 Å². The summed E-state index contributed by atoms with van der Waals surface area (Å²) in [6, 6.07) is 8.63. The fourth-order valence-electron chi connectivity index (χ4n) is 2.71. The molecular formula is C14H22N2. The van der Waals surface area contributed by atoms with E-state index >= 15 is 0 Å². The van der Waals surface area contributed by atoms with Crippen molar-refractivity contribution in [2.45, 2.75) is 39.2 Å². The number of hydrogen-bond donors (Lipinski definition) is 2. The number of anilines is 2. The van der Waals surface area contributed by atoms with Gasteiger partial charge in [0.2, 0.25) is 0 Å². The van der Waals surface area contributed by atoms with Gasteiger partial charge in [0.1, 0.15) is 0 Å². The van der Waals surface area contributed by atoms with Gasteiger partial charge in [-0.3, -0.25) is 0 Å². The molecule has 16 heavy (non-hydrogen) atoms. The lowest BCUT2D eigenvalue weighted by Crippen LogP contribution is -2.33. The van der Waals surface area contributed by atoms with Crippen LogP contribution in [-0.4, -0.2) is 6.04 Å². The second-order valence-corrected chi connectivity index (χ2v) is 5.23. The van der Waals surface area contributed by atoms with E-state index in [1.54, 1.807) is 0 Å². The average Bonchev–Trinajstić information content (AvgIpc) is 2.25. The number of rotatable bonds is 2. The van der Waals surface area contributed by atoms with Crippen molar-refractivity contribution in [1.82, 2.24) is 0 Å². The molecule has 1 aliphatic rings. The quantitative estimate of drug-likeness (QED) is 0.745. The molecule has 3 atom stereocenters. The standard InChI is InChI=1S/C14H22N2/c1-10-7-8-13(11(2)9-10)16-14-6-4-3-5-12(14)15/h3-6,10-11,13,16H,7-9,15H2,1-2H3. The molecule has 1 aromatic rings. The van der Waals surface area contributed by atoms with Crippen molar-refractivity contribution in [1.29, 1.82) is 0 Å². The van der Waals surface area contributed by atoms with Gasteiger partial charge >= 0.3 is 0 Å². The molecular weight excluding hydrogens is 196 g/mol. The van der Waals surface area contributed by atoms with E-state index in [0.717, 1.165) is 23.2 Å². The molecule has 0 amide bonds. The van der Waals surface area contributed by atoms with Crippen molar-refractivity contribution in [3.8, 4) is 0 Å². The first kappa shape index (κ1) is 11.3. The van der Waals surface area contributed by atoms with Crippen LogP contribution in [0.2, 0.25) is 0 Å². The molecule has 0 spiro atoms. The van der Waals surface area contributed by atoms with Gasteiger partial charge in [-0.1, -0.05) is 26.0 Å². The topological polar surface area (TPSA) is 38.0 Å². The number of hydrogen-bond acceptors (Lipinski definition) is 2. The maximum Gasteiger partial charge on any atom is 0.0576 e. The molecule has 0 aliphatic heterocycles. The third kappa shape index (κ3) is 2.49. The summed E-state index contributed by atoms with van der Waals surface area (Å²) in [5.74, 6) is 1.62. The summed E-state index contributed by atoms with van der Waals surface area (Å²) < 4.78 is 0. The van der Waals surface area contributed by atoms with Gasteiger partial charge < -0.3 is 11.1 Å². The van der Waals surface area contributed by atoms with Crippen LogP contribution in [0.1, 0.15) is 33.1 Å². The monoisotopic (exact) mass is 218 g/mol. The van der Waals surface area contributed by atoms with Crippen molar-refractivity contribution in [2.75, 3.05) is 11.1 Å². The maximum absolute atomic E-state index is 5.95. The van der Waals surface area contributed by atoms with Gasteiger partial charge in [-0.15, -0.1) is 0 Å². The molecule has 1 aliphatic carbocycles. The third-order valence-electron chi connectivity index (χ3n) is 3.73. The van der Waals surface area contributed by atoms with E-state index in [-0.39, 0.29) is 0 Å². The highest BCUT2D eigenvalue weighted by Gasteiger charge is 2.25. The van der Waals surface area contributed by atoms with Crippen LogP contribution in [0.5, 0.6) is 0 Å². The first-order valence-electron chi connectivity index (χ1n) is 6.28. The van der Waals surface area contributed by atoms with Crippen molar-refractivity contribution in [3.63, 3.8) is 0 Å². The number of nitrogens with two attached hydrogens (primary N) is 1. The number of para-hydroxylation sites is 2. The molecule has 0 heterocycles. The lowest BCUT2D eigenvalue weighted by atomic mass is 9.80. The first-order chi connectivity index (χ1) is 7.66. The van der Waals surface area contributed by atoms with Crippen LogP contribution < -0.4 is 11.1 Å². The Balaban J connectivity index is 2.02. The minimum Gasteiger partial charge on any atom is -0.397 e. The first-order valence-corrected chi connectivity index (χ1v) is 6.28. The summed E-state index contributed by atoms with van der Waals surface area (Å²) >= 11 is 0. The lowest BCUT2D eigenvalue weighted by molar-refractivity contribution is 0.276. The highest BCUT2D eigenvalue weighted by Crippen LogP contribution is 2.31. The Hall–Kier alpha value is -1.18. The van der Waals surface area contributed by atoms with Crippen LogP contribution in [-0.2, 0) is 0 Å². The van der Waals surface area contributed by atoms with Gasteiger partial charge in [0.25, 0.3) is 0 Å². The largest absolute Gasteiger partial charge is 0.397 e. The normalized spacial score (nSPS) is 30.0. The van der Waals surface area contributed by atoms with Gasteiger partial charge in [-0.05, 0) is 43.2 Å². The van der Waals surface area contributed by atoms with E-state index < -0.39 is 0 Å². The zero-order valence-electron chi connectivity index (χ0n) is 10.2. The molecule has 1 saturated carbocycles. The van der Waals surface area contributed by atoms with Gasteiger partial charge in [-0.2, -0.15) is 0 Å². The van der Waals surface area contributed by atoms with E-state index in [0.29, 0.717) is 6.04 Å². The van der Waals surface area contributed by atoms with E-state index in [1.807, 2.05) is 18.2 Å².